The van der Waals surface area contributed by atoms with Gasteiger partial charge in [0.25, 0.3) is 0 Å². The maximum Gasteiger partial charge on any atom is 0.141 e. The van der Waals surface area contributed by atoms with E-state index in [1.165, 1.54) is 11.1 Å². The molecule has 3 heteroatoms. The van der Waals surface area contributed by atoms with E-state index in [1.54, 1.807) is 7.11 Å². The summed E-state index contributed by atoms with van der Waals surface area (Å²) in [4.78, 5) is 0. The van der Waals surface area contributed by atoms with Crippen molar-refractivity contribution in [3.63, 3.8) is 0 Å². The number of ether oxygens (including phenoxy) is 1. The monoisotopic (exact) mass is 254 g/mol. The predicted octanol–water partition coefficient (Wildman–Crippen LogP) is 3.25. The molecule has 0 aromatic heterocycles. The first kappa shape index (κ1) is 12.1. The van der Waals surface area contributed by atoms with Crippen LogP contribution in [-0.4, -0.2) is 7.11 Å². The van der Waals surface area contributed by atoms with Crippen molar-refractivity contribution in [1.82, 2.24) is 0 Å². The first-order valence-corrected chi connectivity index (χ1v) is 6.53. The molecule has 2 unspecified atom stereocenters. The van der Waals surface area contributed by atoms with Crippen LogP contribution in [-0.2, 0) is 0 Å². The Bertz CT molecular complexity index is 582. The van der Waals surface area contributed by atoms with E-state index in [0.29, 0.717) is 0 Å². The summed E-state index contributed by atoms with van der Waals surface area (Å²) in [6, 6.07) is 16.7. The molecule has 0 heterocycles. The fourth-order valence-electron chi connectivity index (χ4n) is 2.76. The standard InChI is InChI=1S/C16H18N2O/c1-19-16-9-5-4-8-14(16)18-15-10-13(17)11-6-2-3-7-12(11)15/h2-9,13,15,18H,10,17H2,1H3. The SMILES string of the molecule is COc1ccccc1NC1CC(N)c2ccccc21. The number of nitrogens with one attached hydrogen (secondary N) is 1. The third kappa shape index (κ3) is 2.17. The van der Waals surface area contributed by atoms with E-state index in [1.807, 2.05) is 30.3 Å². The minimum absolute atomic E-state index is 0.114. The molecule has 2 aromatic rings. The highest BCUT2D eigenvalue weighted by Crippen LogP contribution is 2.40. The molecule has 3 nitrogen and oxygen atoms in total. The summed E-state index contributed by atoms with van der Waals surface area (Å²) in [5, 5.41) is 3.54. The van der Waals surface area contributed by atoms with Gasteiger partial charge in [-0.25, -0.2) is 0 Å². The highest BCUT2D eigenvalue weighted by Gasteiger charge is 2.28. The van der Waals surface area contributed by atoms with Crippen molar-refractivity contribution >= 4 is 5.69 Å². The summed E-state index contributed by atoms with van der Waals surface area (Å²) in [6.45, 7) is 0. The smallest absolute Gasteiger partial charge is 0.141 e. The van der Waals surface area contributed by atoms with Crippen molar-refractivity contribution in [2.24, 2.45) is 5.73 Å². The van der Waals surface area contributed by atoms with E-state index >= 15 is 0 Å². The Morgan fingerprint density at radius 3 is 2.53 bits per heavy atom. The third-order valence-electron chi connectivity index (χ3n) is 3.70. The quantitative estimate of drug-likeness (QED) is 0.884. The van der Waals surface area contributed by atoms with Crippen LogP contribution in [0.2, 0.25) is 0 Å². The van der Waals surface area contributed by atoms with Crippen LogP contribution in [0.3, 0.4) is 0 Å². The largest absolute Gasteiger partial charge is 0.495 e. The molecular weight excluding hydrogens is 236 g/mol. The van der Waals surface area contributed by atoms with Crippen LogP contribution < -0.4 is 15.8 Å². The molecule has 0 bridgehead atoms. The molecule has 0 fully saturated rings. The van der Waals surface area contributed by atoms with E-state index in [4.69, 9.17) is 10.5 Å². The fraction of sp³-hybridized carbons (Fsp3) is 0.250. The van der Waals surface area contributed by atoms with E-state index in [9.17, 15) is 0 Å². The van der Waals surface area contributed by atoms with Gasteiger partial charge >= 0.3 is 0 Å². The number of hydrogen-bond donors (Lipinski definition) is 2. The minimum Gasteiger partial charge on any atom is -0.495 e. The zero-order valence-corrected chi connectivity index (χ0v) is 11.0. The zero-order chi connectivity index (χ0) is 13.2. The zero-order valence-electron chi connectivity index (χ0n) is 11.0. The molecule has 3 rings (SSSR count). The molecule has 19 heavy (non-hydrogen) atoms. The summed E-state index contributed by atoms with van der Waals surface area (Å²) >= 11 is 0. The van der Waals surface area contributed by atoms with Gasteiger partial charge in [-0.2, -0.15) is 0 Å². The van der Waals surface area contributed by atoms with Gasteiger partial charge in [0.15, 0.2) is 0 Å². The van der Waals surface area contributed by atoms with E-state index in [-0.39, 0.29) is 12.1 Å². The Kier molecular flexibility index (Phi) is 3.13. The molecule has 2 atom stereocenters. The van der Waals surface area contributed by atoms with Crippen molar-refractivity contribution in [1.29, 1.82) is 0 Å². The molecule has 0 aliphatic heterocycles. The molecule has 2 aromatic carbocycles. The van der Waals surface area contributed by atoms with Crippen molar-refractivity contribution in [3.05, 3.63) is 59.7 Å². The van der Waals surface area contributed by atoms with Gasteiger partial charge in [-0.3, -0.25) is 0 Å². The lowest BCUT2D eigenvalue weighted by atomic mass is 10.1. The van der Waals surface area contributed by atoms with Crippen LogP contribution in [0.15, 0.2) is 48.5 Å². The van der Waals surface area contributed by atoms with Crippen LogP contribution in [0.4, 0.5) is 5.69 Å². The molecular formula is C16H18N2O. The molecule has 3 N–H and O–H groups in total. The maximum absolute atomic E-state index is 6.19. The Morgan fingerprint density at radius 2 is 1.74 bits per heavy atom. The Hall–Kier alpha value is -2.00. The predicted molar refractivity (Wildman–Crippen MR) is 77.3 cm³/mol. The number of nitrogens with two attached hydrogens (primary N) is 1. The molecule has 98 valence electrons. The number of fused-ring (bicyclic) bond motifs is 1. The molecule has 0 spiro atoms. The lowest BCUT2D eigenvalue weighted by molar-refractivity contribution is 0.416. The number of para-hydroxylation sites is 2. The number of benzene rings is 2. The summed E-state index contributed by atoms with van der Waals surface area (Å²) < 4.78 is 5.38. The highest BCUT2D eigenvalue weighted by molar-refractivity contribution is 5.58. The Labute approximate surface area is 113 Å². The first-order valence-electron chi connectivity index (χ1n) is 6.53. The van der Waals surface area contributed by atoms with E-state index in [2.05, 4.69) is 23.5 Å². The van der Waals surface area contributed by atoms with Crippen LogP contribution in [0, 0.1) is 0 Å². The molecule has 1 aliphatic rings. The fourth-order valence-corrected chi connectivity index (χ4v) is 2.76. The highest BCUT2D eigenvalue weighted by atomic mass is 16.5. The van der Waals surface area contributed by atoms with Gasteiger partial charge in [0.05, 0.1) is 18.8 Å². The van der Waals surface area contributed by atoms with Crippen LogP contribution in [0.25, 0.3) is 0 Å². The number of rotatable bonds is 3. The van der Waals surface area contributed by atoms with Crippen LogP contribution in [0.5, 0.6) is 5.75 Å². The molecule has 0 amide bonds. The van der Waals surface area contributed by atoms with Gasteiger partial charge in [0.1, 0.15) is 5.75 Å². The average Bonchev–Trinajstić information content (AvgIpc) is 2.77. The minimum atomic E-state index is 0.114. The van der Waals surface area contributed by atoms with Crippen molar-refractivity contribution in [2.45, 2.75) is 18.5 Å². The lowest BCUT2D eigenvalue weighted by Crippen LogP contribution is -2.10. The van der Waals surface area contributed by atoms with Gasteiger partial charge in [-0.1, -0.05) is 36.4 Å². The lowest BCUT2D eigenvalue weighted by Gasteiger charge is -2.17. The van der Waals surface area contributed by atoms with E-state index in [0.717, 1.165) is 17.9 Å². The van der Waals surface area contributed by atoms with Crippen molar-refractivity contribution in [2.75, 3.05) is 12.4 Å². The molecule has 1 aliphatic carbocycles. The van der Waals surface area contributed by atoms with Gasteiger partial charge in [0.2, 0.25) is 0 Å². The molecule has 0 saturated carbocycles. The van der Waals surface area contributed by atoms with Crippen molar-refractivity contribution < 1.29 is 4.74 Å². The van der Waals surface area contributed by atoms with Gasteiger partial charge in [-0.05, 0) is 29.7 Å². The van der Waals surface area contributed by atoms with Gasteiger partial charge in [-0.15, -0.1) is 0 Å². The Morgan fingerprint density at radius 1 is 1.05 bits per heavy atom. The maximum atomic E-state index is 6.19. The average molecular weight is 254 g/mol. The normalized spacial score (nSPS) is 20.9. The van der Waals surface area contributed by atoms with Gasteiger partial charge < -0.3 is 15.8 Å². The molecule has 0 radical (unpaired) electrons. The second kappa shape index (κ2) is 4.94. The van der Waals surface area contributed by atoms with Crippen LogP contribution in [0.1, 0.15) is 29.6 Å². The first-order chi connectivity index (χ1) is 9.29. The third-order valence-corrected chi connectivity index (χ3v) is 3.70. The van der Waals surface area contributed by atoms with Crippen molar-refractivity contribution in [3.8, 4) is 5.75 Å². The van der Waals surface area contributed by atoms with Crippen LogP contribution >= 0.6 is 0 Å². The summed E-state index contributed by atoms with van der Waals surface area (Å²) in [6.07, 6.45) is 0.914. The van der Waals surface area contributed by atoms with Gasteiger partial charge in [0, 0.05) is 6.04 Å². The number of anilines is 1. The summed E-state index contributed by atoms with van der Waals surface area (Å²) in [5.74, 6) is 0.862. The second-order valence-electron chi connectivity index (χ2n) is 4.87. The topological polar surface area (TPSA) is 47.3 Å². The van der Waals surface area contributed by atoms with E-state index < -0.39 is 0 Å². The number of hydrogen-bond acceptors (Lipinski definition) is 3. The molecule has 0 saturated heterocycles. The second-order valence-corrected chi connectivity index (χ2v) is 4.87. The number of methoxy groups -OCH3 is 1. The Balaban J connectivity index is 1.89. The summed E-state index contributed by atoms with van der Waals surface area (Å²) in [5.41, 5.74) is 9.74. The summed E-state index contributed by atoms with van der Waals surface area (Å²) in [7, 11) is 1.69.